The number of carbonyl (C=O) groups excluding carboxylic acids is 3. The Kier molecular flexibility index (Phi) is 7.74. The monoisotopic (exact) mass is 521 g/mol. The zero-order valence-corrected chi connectivity index (χ0v) is 22.4. The van der Waals surface area contributed by atoms with Crippen LogP contribution < -0.4 is 10.6 Å². The number of fused-ring (bicyclic) bond motifs is 1. The summed E-state index contributed by atoms with van der Waals surface area (Å²) < 4.78 is -0.698. The normalized spacial score (nSPS) is 30.8. The molecular weight excluding hydrogens is 486 g/mol. The third-order valence-electron chi connectivity index (χ3n) is 8.15. The average molecular weight is 522 g/mol. The molecule has 3 aliphatic rings. The van der Waals surface area contributed by atoms with Crippen LogP contribution >= 0.6 is 23.4 Å². The van der Waals surface area contributed by atoms with Crippen molar-refractivity contribution in [2.45, 2.75) is 75.5 Å². The van der Waals surface area contributed by atoms with E-state index in [1.807, 2.05) is 39.8 Å². The van der Waals surface area contributed by atoms with Gasteiger partial charge < -0.3 is 20.6 Å². The highest BCUT2D eigenvalue weighted by atomic mass is 35.5. The molecule has 9 heteroatoms. The summed E-state index contributed by atoms with van der Waals surface area (Å²) in [5, 5.41) is 16.8. The Morgan fingerprint density at radius 1 is 1.31 bits per heavy atom. The summed E-state index contributed by atoms with van der Waals surface area (Å²) in [5.41, 5.74) is 1.36. The molecule has 1 aromatic carbocycles. The molecule has 0 aromatic heterocycles. The van der Waals surface area contributed by atoms with Gasteiger partial charge in [0.2, 0.25) is 17.7 Å². The number of benzene rings is 1. The van der Waals surface area contributed by atoms with Crippen molar-refractivity contribution in [3.05, 3.63) is 28.8 Å². The van der Waals surface area contributed by atoms with E-state index in [2.05, 4.69) is 10.6 Å². The SMILES string of the molecule is CCCNC(=O)[C@@H]1[C@H]2C(=O)N([C@@H](CO)[C@@H](C)CC)C(C(=O)Nc3c(C)cccc3Cl)C23CC[C@H]1S3. The lowest BCUT2D eigenvalue weighted by Gasteiger charge is -2.39. The molecule has 0 radical (unpaired) electrons. The first-order chi connectivity index (χ1) is 16.7. The van der Waals surface area contributed by atoms with Gasteiger partial charge in [0.05, 0.1) is 39.9 Å². The minimum Gasteiger partial charge on any atom is -0.394 e. The Balaban J connectivity index is 1.77. The van der Waals surface area contributed by atoms with Gasteiger partial charge in [-0.05, 0) is 43.7 Å². The van der Waals surface area contributed by atoms with E-state index < -0.39 is 28.7 Å². The molecule has 3 aliphatic heterocycles. The fraction of sp³-hybridized carbons (Fsp3) is 0.654. The first-order valence-electron chi connectivity index (χ1n) is 12.7. The van der Waals surface area contributed by atoms with Crippen molar-refractivity contribution in [2.75, 3.05) is 18.5 Å². The van der Waals surface area contributed by atoms with Gasteiger partial charge in [-0.1, -0.05) is 50.9 Å². The van der Waals surface area contributed by atoms with Gasteiger partial charge in [0.1, 0.15) is 6.04 Å². The molecule has 3 heterocycles. The maximum atomic E-state index is 14.1. The van der Waals surface area contributed by atoms with Crippen molar-refractivity contribution < 1.29 is 19.5 Å². The van der Waals surface area contributed by atoms with Crippen molar-refractivity contribution in [2.24, 2.45) is 17.8 Å². The van der Waals surface area contributed by atoms with Gasteiger partial charge >= 0.3 is 0 Å². The molecule has 1 aromatic rings. The summed E-state index contributed by atoms with van der Waals surface area (Å²) in [7, 11) is 0. The number of halogens is 1. The number of nitrogens with zero attached hydrogens (tertiary/aromatic N) is 1. The summed E-state index contributed by atoms with van der Waals surface area (Å²) in [6.07, 6.45) is 3.04. The van der Waals surface area contributed by atoms with E-state index >= 15 is 0 Å². The van der Waals surface area contributed by atoms with Crippen LogP contribution in [-0.4, -0.2) is 63.0 Å². The van der Waals surface area contributed by atoms with Crippen LogP contribution in [0.5, 0.6) is 0 Å². The molecular formula is C26H36ClN3O4S. The molecule has 7 nitrogen and oxygen atoms in total. The van der Waals surface area contributed by atoms with E-state index in [9.17, 15) is 19.5 Å². The molecule has 7 atom stereocenters. The zero-order chi connectivity index (χ0) is 25.5. The standard InChI is InChI=1S/C26H36ClN3O4S/c1-5-12-28-23(32)19-18-10-11-26(35-18)20(19)25(34)30(17(13-31)14(3)6-2)22(26)24(33)29-21-15(4)8-7-9-16(21)27/h7-9,14,17-20,22,31H,5-6,10-13H2,1-4H3,(H,28,32)(H,29,33)/t14-,17-,18+,19-,20-,22?,26?/m0/s1. The number of carbonyl (C=O) groups is 3. The molecule has 0 saturated carbocycles. The summed E-state index contributed by atoms with van der Waals surface area (Å²) in [6.45, 7) is 8.19. The molecule has 4 rings (SSSR count). The summed E-state index contributed by atoms with van der Waals surface area (Å²) in [6, 6.07) is 4.13. The van der Waals surface area contributed by atoms with Crippen LogP contribution in [0.3, 0.4) is 0 Å². The Morgan fingerprint density at radius 3 is 2.69 bits per heavy atom. The number of thioether (sulfide) groups is 1. The highest BCUT2D eigenvalue weighted by Gasteiger charge is 2.74. The van der Waals surface area contributed by atoms with E-state index in [1.54, 1.807) is 22.7 Å². The first-order valence-corrected chi connectivity index (χ1v) is 13.9. The quantitative estimate of drug-likeness (QED) is 0.461. The molecule has 0 aliphatic carbocycles. The lowest BCUT2D eigenvalue weighted by atomic mass is 9.70. The highest BCUT2D eigenvalue weighted by Crippen LogP contribution is 2.66. The highest BCUT2D eigenvalue weighted by molar-refractivity contribution is 8.02. The first kappa shape index (κ1) is 26.3. The van der Waals surface area contributed by atoms with Crippen molar-refractivity contribution in [3.8, 4) is 0 Å². The second kappa shape index (κ2) is 10.3. The predicted molar refractivity (Wildman–Crippen MR) is 139 cm³/mol. The lowest BCUT2D eigenvalue weighted by Crippen LogP contribution is -2.56. The third-order valence-corrected chi connectivity index (χ3v) is 10.4. The molecule has 35 heavy (non-hydrogen) atoms. The van der Waals surface area contributed by atoms with Gasteiger partial charge in [0.25, 0.3) is 0 Å². The number of rotatable bonds is 9. The molecule has 3 fully saturated rings. The van der Waals surface area contributed by atoms with E-state index in [-0.39, 0.29) is 35.5 Å². The van der Waals surface area contributed by atoms with E-state index in [0.29, 0.717) is 23.7 Å². The summed E-state index contributed by atoms with van der Waals surface area (Å²) >= 11 is 8.05. The van der Waals surface area contributed by atoms with Crippen molar-refractivity contribution in [1.29, 1.82) is 0 Å². The molecule has 3 saturated heterocycles. The number of likely N-dealkylation sites (tertiary alicyclic amines) is 1. The van der Waals surface area contributed by atoms with Crippen LogP contribution in [-0.2, 0) is 14.4 Å². The number of aliphatic hydroxyl groups excluding tert-OH is 1. The Hall–Kier alpha value is -1.77. The molecule has 2 unspecified atom stereocenters. The largest absolute Gasteiger partial charge is 0.394 e. The van der Waals surface area contributed by atoms with Crippen LogP contribution in [0, 0.1) is 24.7 Å². The molecule has 1 spiro atoms. The number of hydrogen-bond donors (Lipinski definition) is 3. The minimum atomic E-state index is -0.791. The van der Waals surface area contributed by atoms with Gasteiger partial charge in [-0.3, -0.25) is 14.4 Å². The van der Waals surface area contributed by atoms with Gasteiger partial charge in [-0.25, -0.2) is 0 Å². The molecule has 2 bridgehead atoms. The average Bonchev–Trinajstić information content (AvgIpc) is 3.48. The fourth-order valence-corrected chi connectivity index (χ4v) is 8.69. The molecule has 192 valence electrons. The van der Waals surface area contributed by atoms with Crippen molar-refractivity contribution in [1.82, 2.24) is 10.2 Å². The fourth-order valence-electron chi connectivity index (χ4n) is 6.21. The predicted octanol–water partition coefficient (Wildman–Crippen LogP) is 3.61. The maximum Gasteiger partial charge on any atom is 0.248 e. The second-order valence-electron chi connectivity index (χ2n) is 10.1. The Morgan fingerprint density at radius 2 is 2.06 bits per heavy atom. The summed E-state index contributed by atoms with van der Waals surface area (Å²) in [5.74, 6) is -1.65. The number of aryl methyl sites for hydroxylation is 1. The number of amides is 3. The van der Waals surface area contributed by atoms with Gasteiger partial charge in [-0.15, -0.1) is 11.8 Å². The topological polar surface area (TPSA) is 98.7 Å². The smallest absolute Gasteiger partial charge is 0.248 e. The van der Waals surface area contributed by atoms with Gasteiger partial charge in [0, 0.05) is 11.8 Å². The van der Waals surface area contributed by atoms with Gasteiger partial charge in [-0.2, -0.15) is 0 Å². The van der Waals surface area contributed by atoms with Crippen molar-refractivity contribution >= 4 is 46.8 Å². The zero-order valence-electron chi connectivity index (χ0n) is 20.8. The number of anilines is 1. The number of nitrogens with one attached hydrogen (secondary N) is 2. The van der Waals surface area contributed by atoms with E-state index in [4.69, 9.17) is 11.6 Å². The maximum absolute atomic E-state index is 14.1. The molecule has 3 amide bonds. The van der Waals surface area contributed by atoms with Crippen LogP contribution in [0.15, 0.2) is 18.2 Å². The van der Waals surface area contributed by atoms with E-state index in [0.717, 1.165) is 24.8 Å². The number of aliphatic hydroxyl groups is 1. The second-order valence-corrected chi connectivity index (χ2v) is 12.2. The molecule has 3 N–H and O–H groups in total. The van der Waals surface area contributed by atoms with Crippen LogP contribution in [0.25, 0.3) is 0 Å². The van der Waals surface area contributed by atoms with Crippen LogP contribution in [0.2, 0.25) is 5.02 Å². The van der Waals surface area contributed by atoms with Crippen molar-refractivity contribution in [3.63, 3.8) is 0 Å². The van der Waals surface area contributed by atoms with Crippen LogP contribution in [0.4, 0.5) is 5.69 Å². The van der Waals surface area contributed by atoms with E-state index in [1.165, 1.54) is 0 Å². The Bertz CT molecular complexity index is 987. The third kappa shape index (κ3) is 4.25. The van der Waals surface area contributed by atoms with Crippen LogP contribution in [0.1, 0.15) is 52.0 Å². The summed E-state index contributed by atoms with van der Waals surface area (Å²) in [4.78, 5) is 42.9. The lowest BCUT2D eigenvalue weighted by molar-refractivity contribution is -0.143. The number of para-hydroxylation sites is 1. The minimum absolute atomic E-state index is 0.00825. The Labute approximate surface area is 216 Å². The number of hydrogen-bond acceptors (Lipinski definition) is 5. The van der Waals surface area contributed by atoms with Gasteiger partial charge in [0.15, 0.2) is 0 Å².